The monoisotopic (exact) mass is 400 g/mol. The van der Waals surface area contributed by atoms with Crippen molar-refractivity contribution < 1.29 is 31.5 Å². The van der Waals surface area contributed by atoms with Gasteiger partial charge in [-0.3, -0.25) is 4.79 Å². The number of hydrogen-bond acceptors (Lipinski definition) is 4. The van der Waals surface area contributed by atoms with E-state index >= 15 is 0 Å². The first kappa shape index (κ1) is 20.5. The Labute approximate surface area is 153 Å². The van der Waals surface area contributed by atoms with E-state index in [9.17, 15) is 31.6 Å². The summed E-state index contributed by atoms with van der Waals surface area (Å²) in [7, 11) is -3.94. The molecule has 2 rings (SSSR count). The van der Waals surface area contributed by atoms with Gasteiger partial charge in [0.15, 0.2) is 9.84 Å². The van der Waals surface area contributed by atoms with Crippen molar-refractivity contribution in [1.82, 2.24) is 4.57 Å². The molecule has 10 heteroatoms. The van der Waals surface area contributed by atoms with Crippen LogP contribution in [-0.2, 0) is 27.4 Å². The number of carboxylic acids is 1. The zero-order chi connectivity index (χ0) is 20.4. The molecule has 0 aliphatic carbocycles. The van der Waals surface area contributed by atoms with Crippen molar-refractivity contribution in [3.8, 4) is 17.2 Å². The SMILES string of the molecule is CCCS(=O)(=O)c1cc(-c2cn(CC(=O)O)cc2C#N)cc(C(F)(F)F)c1. The van der Waals surface area contributed by atoms with Crippen LogP contribution in [-0.4, -0.2) is 29.8 Å². The molecule has 2 aromatic rings. The number of nitriles is 1. The Hall–Kier alpha value is -2.80. The molecule has 1 aromatic carbocycles. The van der Waals surface area contributed by atoms with Crippen molar-refractivity contribution in [2.75, 3.05) is 5.75 Å². The summed E-state index contributed by atoms with van der Waals surface area (Å²) >= 11 is 0. The van der Waals surface area contributed by atoms with E-state index in [1.807, 2.05) is 0 Å². The number of benzene rings is 1. The lowest BCUT2D eigenvalue weighted by atomic mass is 10.0. The third-order valence-corrected chi connectivity index (χ3v) is 5.59. The minimum absolute atomic E-state index is 0.0257. The maximum atomic E-state index is 13.3. The van der Waals surface area contributed by atoms with Crippen molar-refractivity contribution >= 4 is 15.8 Å². The number of alkyl halides is 3. The van der Waals surface area contributed by atoms with E-state index in [2.05, 4.69) is 0 Å². The van der Waals surface area contributed by atoms with E-state index in [0.29, 0.717) is 6.07 Å². The highest BCUT2D eigenvalue weighted by molar-refractivity contribution is 7.91. The van der Waals surface area contributed by atoms with E-state index < -0.39 is 39.0 Å². The molecule has 27 heavy (non-hydrogen) atoms. The summed E-state index contributed by atoms with van der Waals surface area (Å²) in [5.74, 6) is -1.52. The first-order valence-corrected chi connectivity index (χ1v) is 9.40. The van der Waals surface area contributed by atoms with E-state index in [-0.39, 0.29) is 28.9 Å². The Bertz CT molecular complexity index is 1020. The Morgan fingerprint density at radius 2 is 1.93 bits per heavy atom. The molecule has 1 heterocycles. The van der Waals surface area contributed by atoms with Gasteiger partial charge in [0.05, 0.1) is 21.8 Å². The summed E-state index contributed by atoms with van der Waals surface area (Å²) < 4.78 is 65.5. The molecule has 6 nitrogen and oxygen atoms in total. The number of aliphatic carboxylic acids is 1. The van der Waals surface area contributed by atoms with Crippen LogP contribution in [0, 0.1) is 11.3 Å². The molecule has 144 valence electrons. The topological polar surface area (TPSA) is 100 Å². The molecule has 0 radical (unpaired) electrons. The van der Waals surface area contributed by atoms with Crippen LogP contribution in [0.2, 0.25) is 0 Å². The first-order valence-electron chi connectivity index (χ1n) is 7.75. The predicted molar refractivity (Wildman–Crippen MR) is 89.6 cm³/mol. The molecule has 1 N–H and O–H groups in total. The lowest BCUT2D eigenvalue weighted by molar-refractivity contribution is -0.138. The van der Waals surface area contributed by atoms with Crippen molar-refractivity contribution in [1.29, 1.82) is 5.26 Å². The van der Waals surface area contributed by atoms with Gasteiger partial charge in [-0.2, -0.15) is 18.4 Å². The molecule has 0 amide bonds. The van der Waals surface area contributed by atoms with Crippen LogP contribution < -0.4 is 0 Å². The lowest BCUT2D eigenvalue weighted by Crippen LogP contribution is -2.10. The molecule has 0 aliphatic heterocycles. The van der Waals surface area contributed by atoms with Crippen LogP contribution in [0.1, 0.15) is 24.5 Å². The third-order valence-electron chi connectivity index (χ3n) is 3.70. The highest BCUT2D eigenvalue weighted by atomic mass is 32.2. The van der Waals surface area contributed by atoms with Crippen molar-refractivity contribution in [2.24, 2.45) is 0 Å². The van der Waals surface area contributed by atoms with Crippen molar-refractivity contribution in [2.45, 2.75) is 31.0 Å². The molecule has 0 bridgehead atoms. The molecule has 1 aromatic heterocycles. The summed E-state index contributed by atoms with van der Waals surface area (Å²) in [6, 6.07) is 4.16. The maximum Gasteiger partial charge on any atom is 0.416 e. The lowest BCUT2D eigenvalue weighted by Gasteiger charge is -2.12. The predicted octanol–water partition coefficient (Wildman–Crippen LogP) is 3.31. The second-order valence-electron chi connectivity index (χ2n) is 5.83. The van der Waals surface area contributed by atoms with Gasteiger partial charge in [-0.15, -0.1) is 0 Å². The number of nitrogens with zero attached hydrogens (tertiary/aromatic N) is 2. The van der Waals surface area contributed by atoms with Crippen LogP contribution in [0.4, 0.5) is 13.2 Å². The van der Waals surface area contributed by atoms with Gasteiger partial charge in [-0.25, -0.2) is 8.42 Å². The summed E-state index contributed by atoms with van der Waals surface area (Å²) in [6.45, 7) is 1.10. The average molecular weight is 400 g/mol. The highest BCUT2D eigenvalue weighted by Gasteiger charge is 2.33. The summed E-state index contributed by atoms with van der Waals surface area (Å²) in [5.41, 5.74) is -1.32. The number of halogens is 3. The summed E-state index contributed by atoms with van der Waals surface area (Å²) in [5, 5.41) is 18.1. The molecule has 0 unspecified atom stereocenters. The summed E-state index contributed by atoms with van der Waals surface area (Å²) in [4.78, 5) is 10.3. The molecule has 0 aliphatic rings. The molecule has 0 fully saturated rings. The fourth-order valence-electron chi connectivity index (χ4n) is 2.56. The van der Waals surface area contributed by atoms with Gasteiger partial charge in [-0.05, 0) is 30.2 Å². The van der Waals surface area contributed by atoms with Crippen LogP contribution in [0.15, 0.2) is 35.5 Å². The van der Waals surface area contributed by atoms with E-state index in [1.165, 1.54) is 12.4 Å². The van der Waals surface area contributed by atoms with Crippen molar-refractivity contribution in [3.05, 3.63) is 41.7 Å². The van der Waals surface area contributed by atoms with Gasteiger partial charge in [0.1, 0.15) is 12.6 Å². The standard InChI is InChI=1S/C17H15F3N2O4S/c1-2-3-27(25,26)14-5-11(4-13(6-14)17(18,19)20)15-9-22(10-16(23)24)8-12(15)7-21/h4-6,8-9H,2-3,10H2,1H3,(H,23,24). The number of aromatic nitrogens is 1. The van der Waals surface area contributed by atoms with Crippen molar-refractivity contribution in [3.63, 3.8) is 0 Å². The number of sulfone groups is 1. The first-order chi connectivity index (χ1) is 12.5. The maximum absolute atomic E-state index is 13.3. The van der Waals surface area contributed by atoms with Crippen LogP contribution in [0.25, 0.3) is 11.1 Å². The molecule has 0 spiro atoms. The molecule has 0 saturated carbocycles. The Kier molecular flexibility index (Phi) is 5.65. The number of rotatable bonds is 6. The average Bonchev–Trinajstić information content (AvgIpc) is 2.95. The number of hydrogen-bond donors (Lipinski definition) is 1. The minimum Gasteiger partial charge on any atom is -0.480 e. The van der Waals surface area contributed by atoms with E-state index in [1.54, 1.807) is 13.0 Å². The minimum atomic E-state index is -4.79. The van der Waals surface area contributed by atoms with Gasteiger partial charge < -0.3 is 9.67 Å². The van der Waals surface area contributed by atoms with Gasteiger partial charge in [0, 0.05) is 18.0 Å². The van der Waals surface area contributed by atoms with Gasteiger partial charge in [0.2, 0.25) is 0 Å². The van der Waals surface area contributed by atoms with E-state index in [0.717, 1.165) is 16.7 Å². The molecule has 0 saturated heterocycles. The third kappa shape index (κ3) is 4.68. The Morgan fingerprint density at radius 3 is 2.44 bits per heavy atom. The van der Waals surface area contributed by atoms with Crippen LogP contribution >= 0.6 is 0 Å². The zero-order valence-corrected chi connectivity index (χ0v) is 14.9. The van der Waals surface area contributed by atoms with Gasteiger partial charge in [0.25, 0.3) is 0 Å². The van der Waals surface area contributed by atoms with E-state index in [4.69, 9.17) is 5.11 Å². The van der Waals surface area contributed by atoms with Crippen LogP contribution in [0.3, 0.4) is 0 Å². The molecular formula is C17H15F3N2O4S. The second kappa shape index (κ2) is 7.44. The van der Waals surface area contributed by atoms with Gasteiger partial charge in [-0.1, -0.05) is 6.92 Å². The quantitative estimate of drug-likeness (QED) is 0.802. The second-order valence-corrected chi connectivity index (χ2v) is 7.94. The highest BCUT2D eigenvalue weighted by Crippen LogP contribution is 2.36. The number of carbonyl (C=O) groups is 1. The zero-order valence-electron chi connectivity index (χ0n) is 14.1. The largest absolute Gasteiger partial charge is 0.480 e. The Balaban J connectivity index is 2.72. The fraction of sp³-hybridized carbons (Fsp3) is 0.294. The summed E-state index contributed by atoms with van der Waals surface area (Å²) in [6.07, 6.45) is -2.17. The molecule has 0 atom stereocenters. The number of carboxylic acid groups (broad SMARTS) is 1. The molecular weight excluding hydrogens is 385 g/mol. The normalized spacial score (nSPS) is 12.0. The smallest absolute Gasteiger partial charge is 0.416 e. The van der Waals surface area contributed by atoms with Gasteiger partial charge >= 0.3 is 12.1 Å². The fourth-order valence-corrected chi connectivity index (χ4v) is 3.95. The van der Waals surface area contributed by atoms with Crippen LogP contribution in [0.5, 0.6) is 0 Å². The Morgan fingerprint density at radius 1 is 1.26 bits per heavy atom.